The highest BCUT2D eigenvalue weighted by Gasteiger charge is 2.80. The first kappa shape index (κ1) is 29.4. The Balaban J connectivity index is 2.04. The zero-order valence-corrected chi connectivity index (χ0v) is 23.1. The Kier molecular flexibility index (Phi) is 9.62. The molecule has 3 aliphatic heterocycles. The van der Waals surface area contributed by atoms with Gasteiger partial charge in [0.15, 0.2) is 0 Å². The van der Waals surface area contributed by atoms with Crippen molar-refractivity contribution in [3.63, 3.8) is 0 Å². The van der Waals surface area contributed by atoms with Crippen molar-refractivity contribution in [2.24, 2.45) is 17.8 Å². The van der Waals surface area contributed by atoms with Gasteiger partial charge < -0.3 is 24.4 Å². The molecule has 2 amide bonds. The number of hydrogen-bond donors (Lipinski definition) is 1. The van der Waals surface area contributed by atoms with Crippen LogP contribution >= 0.6 is 0 Å². The van der Waals surface area contributed by atoms with Crippen molar-refractivity contribution in [2.45, 2.75) is 95.9 Å². The molecule has 3 heterocycles. The number of amides is 2. The lowest BCUT2D eigenvalue weighted by molar-refractivity contribution is -0.162. The molecule has 3 aliphatic rings. The van der Waals surface area contributed by atoms with Crippen molar-refractivity contribution in [3.8, 4) is 0 Å². The number of aliphatic hydroxyl groups is 1. The minimum Gasteiger partial charge on any atom is -0.465 e. The topological polar surface area (TPSA) is 96.4 Å². The van der Waals surface area contributed by atoms with Crippen molar-refractivity contribution in [1.29, 1.82) is 0 Å². The van der Waals surface area contributed by atoms with Gasteiger partial charge in [-0.25, -0.2) is 0 Å². The Bertz CT molecular complexity index is 876. The van der Waals surface area contributed by atoms with Gasteiger partial charge in [-0.05, 0) is 58.3 Å². The van der Waals surface area contributed by atoms with Crippen molar-refractivity contribution >= 4 is 17.8 Å². The molecule has 0 aliphatic carbocycles. The Morgan fingerprint density at radius 3 is 2.65 bits per heavy atom. The van der Waals surface area contributed by atoms with E-state index in [2.05, 4.69) is 20.1 Å². The highest BCUT2D eigenvalue weighted by Crippen LogP contribution is 2.65. The molecule has 4 unspecified atom stereocenters. The van der Waals surface area contributed by atoms with Crippen LogP contribution in [0.25, 0.3) is 0 Å². The number of carbonyl (C=O) groups excluding carboxylic acids is 3. The summed E-state index contributed by atoms with van der Waals surface area (Å²) in [5, 5.41) is 9.22. The maximum atomic E-state index is 14.4. The molecule has 0 aromatic rings. The standard InChI is InChI=1S/C29H46N2O6/c1-7-10-18-36-27(35)23-22-25(33)31(16-12-11-13-17-32)24(29(22)19-20(4)28(23,6)37-29)26(34)30(15-9-3)21(5)14-8-2/h7,9,20-24,32H,1,3,8,10-19H2,2,4-6H3/t20?,21?,22-,23-,24?,28+,29?/m0/s1. The quantitative estimate of drug-likeness (QED) is 0.203. The van der Waals surface area contributed by atoms with Gasteiger partial charge in [-0.15, -0.1) is 13.2 Å². The molecule has 208 valence electrons. The first-order valence-electron chi connectivity index (χ1n) is 13.9. The summed E-state index contributed by atoms with van der Waals surface area (Å²) in [5.74, 6) is -2.34. The summed E-state index contributed by atoms with van der Waals surface area (Å²) in [4.78, 5) is 45.4. The minimum atomic E-state index is -1.08. The number of likely N-dealkylation sites (tertiary alicyclic amines) is 1. The van der Waals surface area contributed by atoms with Gasteiger partial charge in [-0.2, -0.15) is 0 Å². The SMILES string of the molecule is C=CCCOC(=O)[C@@H]1[C@H]2C(=O)N(CCCCCO)C(C(=O)N(CC=C)C(C)CCC)C23CC(C)[C@@]1(C)O3. The second-order valence-corrected chi connectivity index (χ2v) is 11.2. The molecule has 1 spiro atoms. The summed E-state index contributed by atoms with van der Waals surface area (Å²) < 4.78 is 12.3. The molecule has 0 saturated carbocycles. The number of rotatable bonds is 15. The fourth-order valence-corrected chi connectivity index (χ4v) is 6.88. The molecule has 0 radical (unpaired) electrons. The van der Waals surface area contributed by atoms with E-state index in [0.717, 1.165) is 19.3 Å². The molecular weight excluding hydrogens is 472 g/mol. The first-order valence-corrected chi connectivity index (χ1v) is 13.9. The van der Waals surface area contributed by atoms with Crippen LogP contribution in [0.4, 0.5) is 0 Å². The minimum absolute atomic E-state index is 0.0245. The predicted molar refractivity (Wildman–Crippen MR) is 141 cm³/mol. The normalized spacial score (nSPS) is 32.8. The smallest absolute Gasteiger partial charge is 0.312 e. The number of carbonyl (C=O) groups is 3. The van der Waals surface area contributed by atoms with Crippen LogP contribution in [0.3, 0.4) is 0 Å². The van der Waals surface area contributed by atoms with E-state index in [4.69, 9.17) is 9.47 Å². The number of hydrogen-bond acceptors (Lipinski definition) is 6. The zero-order valence-electron chi connectivity index (χ0n) is 23.1. The number of esters is 1. The molecule has 3 fully saturated rings. The molecule has 0 aromatic carbocycles. The highest BCUT2D eigenvalue weighted by molar-refractivity contribution is 5.98. The van der Waals surface area contributed by atoms with Crippen LogP contribution in [0.1, 0.15) is 72.6 Å². The van der Waals surface area contributed by atoms with Gasteiger partial charge in [-0.3, -0.25) is 14.4 Å². The molecule has 8 nitrogen and oxygen atoms in total. The summed E-state index contributed by atoms with van der Waals surface area (Å²) in [6.45, 7) is 16.6. The van der Waals surface area contributed by atoms with Crippen LogP contribution in [-0.2, 0) is 23.9 Å². The lowest BCUT2D eigenvalue weighted by atomic mass is 9.62. The lowest BCUT2D eigenvalue weighted by Gasteiger charge is -2.39. The molecule has 8 heteroatoms. The summed E-state index contributed by atoms with van der Waals surface area (Å²) >= 11 is 0. The average molecular weight is 519 g/mol. The van der Waals surface area contributed by atoms with E-state index < -0.39 is 35.0 Å². The number of nitrogens with zero attached hydrogens (tertiary/aromatic N) is 2. The van der Waals surface area contributed by atoms with E-state index >= 15 is 0 Å². The van der Waals surface area contributed by atoms with Crippen LogP contribution < -0.4 is 0 Å². The van der Waals surface area contributed by atoms with E-state index in [1.165, 1.54) is 0 Å². The number of ether oxygens (including phenoxy) is 2. The van der Waals surface area contributed by atoms with Crippen LogP contribution in [0.15, 0.2) is 25.3 Å². The lowest BCUT2D eigenvalue weighted by Crippen LogP contribution is -2.58. The second-order valence-electron chi connectivity index (χ2n) is 11.2. The summed E-state index contributed by atoms with van der Waals surface area (Å²) in [6, 6.07) is -0.836. The molecule has 0 aromatic heterocycles. The number of fused-ring (bicyclic) bond motifs is 1. The molecular formula is C29H46N2O6. The Hall–Kier alpha value is -2.19. The van der Waals surface area contributed by atoms with Gasteiger partial charge in [-0.1, -0.05) is 32.4 Å². The van der Waals surface area contributed by atoms with Crippen LogP contribution in [0.2, 0.25) is 0 Å². The van der Waals surface area contributed by atoms with Crippen molar-refractivity contribution in [2.75, 3.05) is 26.3 Å². The van der Waals surface area contributed by atoms with Crippen molar-refractivity contribution in [3.05, 3.63) is 25.3 Å². The van der Waals surface area contributed by atoms with Crippen LogP contribution in [0, 0.1) is 17.8 Å². The molecule has 2 bridgehead atoms. The first-order chi connectivity index (χ1) is 17.6. The summed E-state index contributed by atoms with van der Waals surface area (Å²) in [5.41, 5.74) is -1.96. The Labute approximate surface area is 222 Å². The van der Waals surface area contributed by atoms with E-state index in [-0.39, 0.29) is 37.0 Å². The second kappa shape index (κ2) is 12.1. The zero-order chi connectivity index (χ0) is 27.4. The molecule has 37 heavy (non-hydrogen) atoms. The maximum Gasteiger partial charge on any atom is 0.312 e. The molecule has 3 saturated heterocycles. The summed E-state index contributed by atoms with van der Waals surface area (Å²) in [7, 11) is 0. The average Bonchev–Trinajstić information content (AvgIpc) is 3.37. The third kappa shape index (κ3) is 5.11. The number of aliphatic hydroxyl groups excluding tert-OH is 1. The van der Waals surface area contributed by atoms with Gasteiger partial charge in [0.05, 0.1) is 18.1 Å². The van der Waals surface area contributed by atoms with Crippen LogP contribution in [0.5, 0.6) is 0 Å². The predicted octanol–water partition coefficient (Wildman–Crippen LogP) is 3.48. The Morgan fingerprint density at radius 2 is 2.03 bits per heavy atom. The largest absolute Gasteiger partial charge is 0.465 e. The van der Waals surface area contributed by atoms with Crippen molar-refractivity contribution in [1.82, 2.24) is 9.80 Å². The molecule has 7 atom stereocenters. The van der Waals surface area contributed by atoms with E-state index in [1.807, 2.05) is 25.7 Å². The Morgan fingerprint density at radius 1 is 1.30 bits per heavy atom. The third-order valence-electron chi connectivity index (χ3n) is 8.77. The number of unbranched alkanes of at least 4 members (excludes halogenated alkanes) is 2. The fraction of sp³-hybridized carbons (Fsp3) is 0.759. The van der Waals surface area contributed by atoms with Gasteiger partial charge >= 0.3 is 5.97 Å². The van der Waals surface area contributed by atoms with Gasteiger partial charge in [0.2, 0.25) is 11.8 Å². The van der Waals surface area contributed by atoms with Gasteiger partial charge in [0.25, 0.3) is 0 Å². The fourth-order valence-electron chi connectivity index (χ4n) is 6.88. The van der Waals surface area contributed by atoms with E-state index in [1.54, 1.807) is 17.1 Å². The summed E-state index contributed by atoms with van der Waals surface area (Å²) in [6.07, 6.45) is 8.26. The van der Waals surface area contributed by atoms with E-state index in [0.29, 0.717) is 38.8 Å². The third-order valence-corrected chi connectivity index (χ3v) is 8.77. The van der Waals surface area contributed by atoms with Crippen molar-refractivity contribution < 1.29 is 29.0 Å². The molecule has 3 rings (SSSR count). The monoisotopic (exact) mass is 518 g/mol. The maximum absolute atomic E-state index is 14.4. The van der Waals surface area contributed by atoms with Gasteiger partial charge in [0, 0.05) is 25.7 Å². The van der Waals surface area contributed by atoms with Gasteiger partial charge in [0.1, 0.15) is 17.6 Å². The van der Waals surface area contributed by atoms with Crippen LogP contribution in [-0.4, -0.2) is 82.3 Å². The highest BCUT2D eigenvalue weighted by atomic mass is 16.6. The van der Waals surface area contributed by atoms with E-state index in [9.17, 15) is 19.5 Å². The molecule has 1 N–H and O–H groups in total.